The highest BCUT2D eigenvalue weighted by molar-refractivity contribution is 5.76. The second-order valence-corrected chi connectivity index (χ2v) is 3.49. The first-order chi connectivity index (χ1) is 6.42. The highest BCUT2D eigenvalue weighted by atomic mass is 16.5. The highest BCUT2D eigenvalue weighted by Crippen LogP contribution is 2.20. The van der Waals surface area contributed by atoms with Crippen LogP contribution in [0.5, 0.6) is 5.75 Å². The van der Waals surface area contributed by atoms with Gasteiger partial charge in [0.05, 0.1) is 0 Å². The maximum absolute atomic E-state index is 10.8. The minimum absolute atomic E-state index is 0.456. The van der Waals surface area contributed by atoms with Gasteiger partial charge in [-0.05, 0) is 26.0 Å². The minimum atomic E-state index is -1.24. The summed E-state index contributed by atoms with van der Waals surface area (Å²) in [5.41, 5.74) is 4.83. The van der Waals surface area contributed by atoms with Crippen LogP contribution in [-0.4, -0.2) is 16.7 Å². The average molecular weight is 195 g/mol. The summed E-state index contributed by atoms with van der Waals surface area (Å²) in [7, 11) is 0. The molecule has 0 spiro atoms. The zero-order valence-corrected chi connectivity index (χ0v) is 8.15. The third kappa shape index (κ3) is 2.39. The quantitative estimate of drug-likeness (QED) is 0.717. The predicted molar refractivity (Wildman–Crippen MR) is 53.2 cm³/mol. The molecule has 1 aromatic carbocycles. The van der Waals surface area contributed by atoms with Gasteiger partial charge in [0.15, 0.2) is 5.60 Å². The van der Waals surface area contributed by atoms with Gasteiger partial charge in [-0.25, -0.2) is 4.79 Å². The Morgan fingerprint density at radius 1 is 1.50 bits per heavy atom. The van der Waals surface area contributed by atoms with E-state index < -0.39 is 11.6 Å². The van der Waals surface area contributed by atoms with Crippen LogP contribution in [0.1, 0.15) is 13.8 Å². The zero-order chi connectivity index (χ0) is 10.8. The number of hydrogen-bond donors (Lipinski definition) is 2. The molecule has 0 aliphatic carbocycles. The largest absolute Gasteiger partial charge is 0.478 e. The van der Waals surface area contributed by atoms with Gasteiger partial charge in [0.25, 0.3) is 0 Å². The van der Waals surface area contributed by atoms with Gasteiger partial charge in [-0.1, -0.05) is 6.07 Å². The lowest BCUT2D eigenvalue weighted by molar-refractivity contribution is -0.152. The Balaban J connectivity index is 2.83. The summed E-state index contributed by atoms with van der Waals surface area (Å²) in [6, 6.07) is 6.68. The van der Waals surface area contributed by atoms with E-state index in [4.69, 9.17) is 15.6 Å². The number of ether oxygens (including phenoxy) is 1. The number of rotatable bonds is 3. The number of carboxylic acids is 1. The molecule has 0 fully saturated rings. The minimum Gasteiger partial charge on any atom is -0.478 e. The zero-order valence-electron chi connectivity index (χ0n) is 8.15. The van der Waals surface area contributed by atoms with Crippen molar-refractivity contribution in [1.29, 1.82) is 0 Å². The topological polar surface area (TPSA) is 72.5 Å². The van der Waals surface area contributed by atoms with Crippen molar-refractivity contribution in [2.75, 3.05) is 5.73 Å². The maximum atomic E-state index is 10.8. The number of hydrogen-bond acceptors (Lipinski definition) is 3. The number of aliphatic carboxylic acids is 1. The molecule has 0 aromatic heterocycles. The van der Waals surface area contributed by atoms with Crippen LogP contribution in [-0.2, 0) is 4.79 Å². The van der Waals surface area contributed by atoms with Gasteiger partial charge in [-0.15, -0.1) is 0 Å². The lowest BCUT2D eigenvalue weighted by Gasteiger charge is -2.21. The average Bonchev–Trinajstić information content (AvgIpc) is 2.02. The summed E-state index contributed by atoms with van der Waals surface area (Å²) in [5, 5.41) is 8.82. The first kappa shape index (κ1) is 10.4. The van der Waals surface area contributed by atoms with Crippen molar-refractivity contribution >= 4 is 11.7 Å². The van der Waals surface area contributed by atoms with E-state index in [0.717, 1.165) is 0 Å². The standard InChI is InChI=1S/C10H13NO3/c1-10(2,9(12)13)14-8-5-3-4-7(11)6-8/h3-6H,11H2,1-2H3,(H,12,13). The van der Waals surface area contributed by atoms with E-state index in [1.807, 2.05) is 0 Å². The summed E-state index contributed by atoms with van der Waals surface area (Å²) in [5.74, 6) is -0.558. The van der Waals surface area contributed by atoms with Crippen LogP contribution in [0.3, 0.4) is 0 Å². The molecule has 1 aromatic rings. The van der Waals surface area contributed by atoms with E-state index in [-0.39, 0.29) is 0 Å². The lowest BCUT2D eigenvalue weighted by atomic mass is 10.1. The third-order valence-corrected chi connectivity index (χ3v) is 1.75. The molecule has 4 heteroatoms. The summed E-state index contributed by atoms with van der Waals surface area (Å²) in [4.78, 5) is 10.8. The summed E-state index contributed by atoms with van der Waals surface area (Å²) in [6.45, 7) is 2.97. The molecule has 3 N–H and O–H groups in total. The molecule has 4 nitrogen and oxygen atoms in total. The molecule has 0 heterocycles. The van der Waals surface area contributed by atoms with Gasteiger partial charge in [0, 0.05) is 11.8 Å². The Morgan fingerprint density at radius 3 is 2.64 bits per heavy atom. The van der Waals surface area contributed by atoms with Crippen molar-refractivity contribution < 1.29 is 14.6 Å². The van der Waals surface area contributed by atoms with Crippen molar-refractivity contribution in [2.24, 2.45) is 0 Å². The molecule has 0 radical (unpaired) electrons. The van der Waals surface area contributed by atoms with Crippen LogP contribution in [0.25, 0.3) is 0 Å². The van der Waals surface area contributed by atoms with Crippen LogP contribution in [0.2, 0.25) is 0 Å². The van der Waals surface area contributed by atoms with E-state index in [9.17, 15) is 4.79 Å². The summed E-state index contributed by atoms with van der Waals surface area (Å²) >= 11 is 0. The number of nitrogen functional groups attached to an aromatic ring is 1. The Labute approximate surface area is 82.3 Å². The van der Waals surface area contributed by atoms with E-state index >= 15 is 0 Å². The molecular formula is C10H13NO3. The number of anilines is 1. The molecule has 14 heavy (non-hydrogen) atoms. The van der Waals surface area contributed by atoms with Crippen LogP contribution in [0.4, 0.5) is 5.69 Å². The molecule has 0 aliphatic heterocycles. The molecule has 0 amide bonds. The van der Waals surface area contributed by atoms with Crippen LogP contribution in [0, 0.1) is 0 Å². The first-order valence-corrected chi connectivity index (χ1v) is 4.20. The highest BCUT2D eigenvalue weighted by Gasteiger charge is 2.29. The molecule has 76 valence electrons. The van der Waals surface area contributed by atoms with Gasteiger partial charge in [-0.2, -0.15) is 0 Å². The fraction of sp³-hybridized carbons (Fsp3) is 0.300. The number of benzene rings is 1. The molecule has 1 rings (SSSR count). The molecule has 0 saturated heterocycles. The second kappa shape index (κ2) is 3.57. The Kier molecular flexibility index (Phi) is 2.65. The van der Waals surface area contributed by atoms with Crippen molar-refractivity contribution in [2.45, 2.75) is 19.4 Å². The number of nitrogens with two attached hydrogens (primary N) is 1. The number of carboxylic acid groups (broad SMARTS) is 1. The monoisotopic (exact) mass is 195 g/mol. The SMILES string of the molecule is CC(C)(Oc1cccc(N)c1)C(=O)O. The smallest absolute Gasteiger partial charge is 0.347 e. The van der Waals surface area contributed by atoms with Crippen LogP contribution < -0.4 is 10.5 Å². The van der Waals surface area contributed by atoms with Crippen molar-refractivity contribution in [3.05, 3.63) is 24.3 Å². The first-order valence-electron chi connectivity index (χ1n) is 4.20. The van der Waals surface area contributed by atoms with E-state index in [2.05, 4.69) is 0 Å². The van der Waals surface area contributed by atoms with Gasteiger partial charge in [0.1, 0.15) is 5.75 Å². The van der Waals surface area contributed by atoms with Gasteiger partial charge in [0.2, 0.25) is 0 Å². The van der Waals surface area contributed by atoms with Gasteiger partial charge in [-0.3, -0.25) is 0 Å². The van der Waals surface area contributed by atoms with Crippen molar-refractivity contribution in [3.63, 3.8) is 0 Å². The Bertz CT molecular complexity index is 347. The van der Waals surface area contributed by atoms with Gasteiger partial charge < -0.3 is 15.6 Å². The third-order valence-electron chi connectivity index (χ3n) is 1.75. The van der Waals surface area contributed by atoms with Crippen molar-refractivity contribution in [3.8, 4) is 5.75 Å². The molecule has 0 saturated carbocycles. The summed E-state index contributed by atoms with van der Waals surface area (Å²) in [6.07, 6.45) is 0. The fourth-order valence-electron chi connectivity index (χ4n) is 0.916. The van der Waals surface area contributed by atoms with Crippen molar-refractivity contribution in [1.82, 2.24) is 0 Å². The number of carbonyl (C=O) groups is 1. The van der Waals surface area contributed by atoms with Crippen LogP contribution in [0.15, 0.2) is 24.3 Å². The Hall–Kier alpha value is -1.71. The molecule has 0 bridgehead atoms. The molecular weight excluding hydrogens is 182 g/mol. The van der Waals surface area contributed by atoms with E-state index in [1.165, 1.54) is 13.8 Å². The lowest BCUT2D eigenvalue weighted by Crippen LogP contribution is -2.37. The normalized spacial score (nSPS) is 11.0. The molecule has 0 aliphatic rings. The Morgan fingerprint density at radius 2 is 2.14 bits per heavy atom. The molecule has 0 atom stereocenters. The van der Waals surface area contributed by atoms with E-state index in [1.54, 1.807) is 24.3 Å². The van der Waals surface area contributed by atoms with E-state index in [0.29, 0.717) is 11.4 Å². The summed E-state index contributed by atoms with van der Waals surface area (Å²) < 4.78 is 5.26. The predicted octanol–water partition coefficient (Wildman–Crippen LogP) is 1.51. The maximum Gasteiger partial charge on any atom is 0.347 e. The molecule has 0 unspecified atom stereocenters. The van der Waals surface area contributed by atoms with Gasteiger partial charge >= 0.3 is 5.97 Å². The van der Waals surface area contributed by atoms with Crippen LogP contribution >= 0.6 is 0 Å². The fourth-order valence-corrected chi connectivity index (χ4v) is 0.916. The second-order valence-electron chi connectivity index (χ2n) is 3.49.